The summed E-state index contributed by atoms with van der Waals surface area (Å²) >= 11 is 0. The number of carbonyl (C=O) groups excluding carboxylic acids is 4. The molecule has 1 amide bonds. The van der Waals surface area contributed by atoms with Gasteiger partial charge in [0.25, 0.3) is 5.91 Å². The van der Waals surface area contributed by atoms with Crippen LogP contribution in [-0.4, -0.2) is 63.5 Å². The van der Waals surface area contributed by atoms with Gasteiger partial charge in [0.15, 0.2) is 18.4 Å². The van der Waals surface area contributed by atoms with Gasteiger partial charge in [0.1, 0.15) is 19.0 Å². The molecular formula is C17H24N4O8. The van der Waals surface area contributed by atoms with Crippen molar-refractivity contribution in [1.29, 1.82) is 0 Å². The van der Waals surface area contributed by atoms with Crippen LogP contribution in [0, 0.1) is 0 Å². The van der Waals surface area contributed by atoms with Gasteiger partial charge in [0.2, 0.25) is 5.82 Å². The van der Waals surface area contributed by atoms with Gasteiger partial charge < -0.3 is 24.7 Å². The molecule has 0 aliphatic carbocycles. The van der Waals surface area contributed by atoms with Gasteiger partial charge in [-0.25, -0.2) is 9.67 Å². The molecule has 2 heterocycles. The minimum Gasteiger partial charge on any atom is -0.463 e. The van der Waals surface area contributed by atoms with Gasteiger partial charge in [-0.05, 0) is 0 Å². The van der Waals surface area contributed by atoms with Crippen LogP contribution in [0.1, 0.15) is 56.9 Å². The molecule has 12 heteroatoms. The summed E-state index contributed by atoms with van der Waals surface area (Å²) in [5.74, 6) is -2.72. The summed E-state index contributed by atoms with van der Waals surface area (Å²) in [6, 6.07) is 0. The molecule has 2 rings (SSSR count). The molecule has 1 aliphatic heterocycles. The molecule has 4 atom stereocenters. The van der Waals surface area contributed by atoms with Crippen molar-refractivity contribution in [3.8, 4) is 0 Å². The third-order valence-electron chi connectivity index (χ3n) is 4.08. The van der Waals surface area contributed by atoms with E-state index in [0.717, 1.165) is 4.68 Å². The zero-order valence-electron chi connectivity index (χ0n) is 16.4. The second-order valence-electron chi connectivity index (χ2n) is 6.13. The van der Waals surface area contributed by atoms with Crippen molar-refractivity contribution < 1.29 is 38.1 Å². The minimum absolute atomic E-state index is 0.0665. The number of rotatable bonds is 9. The number of aromatic nitrogens is 3. The molecule has 1 saturated heterocycles. The Morgan fingerprint density at radius 1 is 1.03 bits per heavy atom. The SMILES string of the molecule is CCC(=O)OC[C@@H]1O[C@H](n2cnc(C(N)=O)n2)[C@@H](OC(=O)CC)[C@H]1OC(=O)CC. The fourth-order valence-corrected chi connectivity index (χ4v) is 2.58. The zero-order valence-corrected chi connectivity index (χ0v) is 16.4. The van der Waals surface area contributed by atoms with Crippen molar-refractivity contribution in [2.24, 2.45) is 5.73 Å². The third-order valence-corrected chi connectivity index (χ3v) is 4.08. The summed E-state index contributed by atoms with van der Waals surface area (Å²) < 4.78 is 22.9. The first-order valence-corrected chi connectivity index (χ1v) is 9.21. The van der Waals surface area contributed by atoms with E-state index in [2.05, 4.69) is 10.1 Å². The molecule has 2 N–H and O–H groups in total. The number of primary amides is 1. The topological polar surface area (TPSA) is 162 Å². The first kappa shape index (κ1) is 22.3. The summed E-state index contributed by atoms with van der Waals surface area (Å²) in [6.45, 7) is 4.59. The van der Waals surface area contributed by atoms with E-state index in [1.807, 2.05) is 0 Å². The van der Waals surface area contributed by atoms with Crippen LogP contribution in [0.25, 0.3) is 0 Å². The van der Waals surface area contributed by atoms with E-state index >= 15 is 0 Å². The fourth-order valence-electron chi connectivity index (χ4n) is 2.58. The highest BCUT2D eigenvalue weighted by Gasteiger charge is 2.51. The lowest BCUT2D eigenvalue weighted by Crippen LogP contribution is -2.41. The first-order chi connectivity index (χ1) is 13.8. The first-order valence-electron chi connectivity index (χ1n) is 9.21. The Hall–Kier alpha value is -3.02. The quantitative estimate of drug-likeness (QED) is 0.427. The van der Waals surface area contributed by atoms with E-state index in [9.17, 15) is 19.2 Å². The highest BCUT2D eigenvalue weighted by molar-refractivity contribution is 5.88. The summed E-state index contributed by atoms with van der Waals surface area (Å²) in [5, 5.41) is 3.92. The van der Waals surface area contributed by atoms with Crippen molar-refractivity contribution in [3.63, 3.8) is 0 Å². The highest BCUT2D eigenvalue weighted by Crippen LogP contribution is 2.34. The van der Waals surface area contributed by atoms with Crippen LogP contribution < -0.4 is 5.73 Å². The molecule has 29 heavy (non-hydrogen) atoms. The lowest BCUT2D eigenvalue weighted by atomic mass is 10.1. The molecule has 160 valence electrons. The number of hydrogen-bond acceptors (Lipinski definition) is 10. The van der Waals surface area contributed by atoms with Gasteiger partial charge in [-0.1, -0.05) is 20.8 Å². The van der Waals surface area contributed by atoms with Gasteiger partial charge in [-0.15, -0.1) is 5.10 Å². The molecule has 1 fully saturated rings. The average Bonchev–Trinajstić information content (AvgIpc) is 3.32. The maximum Gasteiger partial charge on any atom is 0.306 e. The summed E-state index contributed by atoms with van der Waals surface area (Å²) in [4.78, 5) is 50.5. The molecule has 0 aromatic carbocycles. The van der Waals surface area contributed by atoms with Crippen molar-refractivity contribution in [1.82, 2.24) is 14.8 Å². The number of ether oxygens (including phenoxy) is 4. The Balaban J connectivity index is 2.34. The van der Waals surface area contributed by atoms with Gasteiger partial charge in [0, 0.05) is 19.3 Å². The zero-order chi connectivity index (χ0) is 21.6. The normalized spacial score (nSPS) is 23.4. The monoisotopic (exact) mass is 412 g/mol. The summed E-state index contributed by atoms with van der Waals surface area (Å²) in [7, 11) is 0. The van der Waals surface area contributed by atoms with Crippen molar-refractivity contribution >= 4 is 23.8 Å². The Morgan fingerprint density at radius 3 is 2.14 bits per heavy atom. The van der Waals surface area contributed by atoms with E-state index in [1.165, 1.54) is 6.33 Å². The van der Waals surface area contributed by atoms with Gasteiger partial charge in [-0.3, -0.25) is 19.2 Å². The second-order valence-corrected chi connectivity index (χ2v) is 6.13. The van der Waals surface area contributed by atoms with Crippen LogP contribution in [0.4, 0.5) is 0 Å². The number of hydrogen-bond donors (Lipinski definition) is 1. The van der Waals surface area contributed by atoms with Crippen LogP contribution in [0.5, 0.6) is 0 Å². The van der Waals surface area contributed by atoms with Gasteiger partial charge >= 0.3 is 17.9 Å². The summed E-state index contributed by atoms with van der Waals surface area (Å²) in [5.41, 5.74) is 5.17. The van der Waals surface area contributed by atoms with Crippen LogP contribution in [-0.2, 0) is 33.3 Å². The third kappa shape index (κ3) is 5.50. The largest absolute Gasteiger partial charge is 0.463 e. The predicted molar refractivity (Wildman–Crippen MR) is 94.0 cm³/mol. The van der Waals surface area contributed by atoms with Crippen LogP contribution in [0.2, 0.25) is 0 Å². The van der Waals surface area contributed by atoms with E-state index < -0.39 is 48.4 Å². The van der Waals surface area contributed by atoms with Gasteiger partial charge in [0.05, 0.1) is 0 Å². The molecular weight excluding hydrogens is 388 g/mol. The minimum atomic E-state index is -1.11. The second kappa shape index (κ2) is 9.96. The van der Waals surface area contributed by atoms with Crippen LogP contribution in [0.3, 0.4) is 0 Å². The number of carbonyl (C=O) groups is 4. The maximum atomic E-state index is 12.0. The molecule has 1 aromatic rings. The van der Waals surface area contributed by atoms with Crippen LogP contribution >= 0.6 is 0 Å². The van der Waals surface area contributed by atoms with E-state index in [-0.39, 0.29) is 31.7 Å². The number of amides is 1. The standard InChI is InChI=1S/C17H24N4O8/c1-4-10(22)26-7-9-13(28-11(23)5-2)14(29-12(24)6-3)17(27-9)21-8-19-16(20-21)15(18)25/h8-9,13-14,17H,4-7H2,1-3H3,(H2,18,25)/t9-,13-,14-,17-/m0/s1. The van der Waals surface area contributed by atoms with Crippen molar-refractivity contribution in [2.45, 2.75) is 64.6 Å². The molecule has 0 radical (unpaired) electrons. The van der Waals surface area contributed by atoms with E-state index in [0.29, 0.717) is 0 Å². The molecule has 0 spiro atoms. The molecule has 0 saturated carbocycles. The van der Waals surface area contributed by atoms with E-state index in [1.54, 1.807) is 20.8 Å². The summed E-state index contributed by atoms with van der Waals surface area (Å²) in [6.07, 6.45) is -2.71. The Labute approximate surface area is 166 Å². The smallest absolute Gasteiger partial charge is 0.306 e. The van der Waals surface area contributed by atoms with Crippen molar-refractivity contribution in [2.75, 3.05) is 6.61 Å². The number of nitrogens with zero attached hydrogens (tertiary/aromatic N) is 3. The average molecular weight is 412 g/mol. The molecule has 1 aromatic heterocycles. The highest BCUT2D eigenvalue weighted by atomic mass is 16.7. The number of nitrogens with two attached hydrogens (primary N) is 1. The predicted octanol–water partition coefficient (Wildman–Crippen LogP) is -0.129. The Bertz CT molecular complexity index is 764. The molecule has 0 bridgehead atoms. The maximum absolute atomic E-state index is 12.0. The molecule has 12 nitrogen and oxygen atoms in total. The molecule has 1 aliphatic rings. The number of esters is 3. The Morgan fingerprint density at radius 2 is 1.62 bits per heavy atom. The fraction of sp³-hybridized carbons (Fsp3) is 0.647. The van der Waals surface area contributed by atoms with Crippen LogP contribution in [0.15, 0.2) is 6.33 Å². The van der Waals surface area contributed by atoms with Crippen molar-refractivity contribution in [3.05, 3.63) is 12.2 Å². The Kier molecular flexibility index (Phi) is 7.65. The molecule has 0 unspecified atom stereocenters. The van der Waals surface area contributed by atoms with Gasteiger partial charge in [-0.2, -0.15) is 0 Å². The van der Waals surface area contributed by atoms with E-state index in [4.69, 9.17) is 24.7 Å². The lowest BCUT2D eigenvalue weighted by Gasteiger charge is -2.24. The lowest BCUT2D eigenvalue weighted by molar-refractivity contribution is -0.169.